The van der Waals surface area contributed by atoms with Gasteiger partial charge in [-0.1, -0.05) is 46.6 Å². The van der Waals surface area contributed by atoms with E-state index < -0.39 is 0 Å². The number of hydrogen-bond donors (Lipinski definition) is 1. The van der Waals surface area contributed by atoms with Crippen LogP contribution >= 0.6 is 23.2 Å². The van der Waals surface area contributed by atoms with E-state index >= 15 is 0 Å². The highest BCUT2D eigenvalue weighted by atomic mass is 35.5. The standard InChI is InChI=1S/C19H18Cl2N4O2/c1-11-5-4-6-12(2)17(11)22-16(26)10-25(3)19-23-18(24-27-19)13-7-14(20)9-15(21)8-13/h4-9H,10H2,1-3H3,(H,22,26). The van der Waals surface area contributed by atoms with Crippen molar-refractivity contribution >= 4 is 40.8 Å². The Morgan fingerprint density at radius 1 is 1.15 bits per heavy atom. The van der Waals surface area contributed by atoms with Gasteiger partial charge in [0.1, 0.15) is 6.54 Å². The van der Waals surface area contributed by atoms with Crippen LogP contribution in [0, 0.1) is 13.8 Å². The number of aromatic nitrogens is 2. The lowest BCUT2D eigenvalue weighted by Gasteiger charge is -2.15. The SMILES string of the molecule is Cc1cccc(C)c1NC(=O)CN(C)c1nc(-c2cc(Cl)cc(Cl)c2)no1. The fraction of sp³-hybridized carbons (Fsp3) is 0.211. The zero-order valence-corrected chi connectivity index (χ0v) is 16.6. The normalized spacial score (nSPS) is 10.7. The summed E-state index contributed by atoms with van der Waals surface area (Å²) in [6.45, 7) is 3.96. The summed E-state index contributed by atoms with van der Waals surface area (Å²) in [4.78, 5) is 18.3. The van der Waals surface area contributed by atoms with Gasteiger partial charge in [0.05, 0.1) is 0 Å². The van der Waals surface area contributed by atoms with Gasteiger partial charge in [0, 0.05) is 28.3 Å². The van der Waals surface area contributed by atoms with Crippen LogP contribution in [0.15, 0.2) is 40.9 Å². The molecule has 0 aliphatic heterocycles. The molecule has 0 aliphatic rings. The Morgan fingerprint density at radius 3 is 2.41 bits per heavy atom. The lowest BCUT2D eigenvalue weighted by Crippen LogP contribution is -2.30. The summed E-state index contributed by atoms with van der Waals surface area (Å²) < 4.78 is 5.26. The van der Waals surface area contributed by atoms with E-state index in [4.69, 9.17) is 27.7 Å². The third-order valence-corrected chi connectivity index (χ3v) is 4.43. The number of halogens is 2. The van der Waals surface area contributed by atoms with E-state index in [0.29, 0.717) is 21.4 Å². The van der Waals surface area contributed by atoms with Crippen molar-refractivity contribution in [1.82, 2.24) is 10.1 Å². The van der Waals surface area contributed by atoms with Crippen LogP contribution in [-0.2, 0) is 4.79 Å². The maximum Gasteiger partial charge on any atom is 0.324 e. The molecule has 27 heavy (non-hydrogen) atoms. The number of benzene rings is 2. The number of nitrogens with zero attached hydrogens (tertiary/aromatic N) is 3. The van der Waals surface area contributed by atoms with E-state index in [-0.39, 0.29) is 18.5 Å². The zero-order valence-electron chi connectivity index (χ0n) is 15.1. The Balaban J connectivity index is 1.70. The number of amides is 1. The van der Waals surface area contributed by atoms with Crippen LogP contribution in [0.25, 0.3) is 11.4 Å². The molecule has 0 radical (unpaired) electrons. The van der Waals surface area contributed by atoms with Gasteiger partial charge < -0.3 is 14.7 Å². The highest BCUT2D eigenvalue weighted by molar-refractivity contribution is 6.35. The molecule has 8 heteroatoms. The number of likely N-dealkylation sites (N-methyl/N-ethyl adjacent to an activating group) is 1. The van der Waals surface area contributed by atoms with Crippen LogP contribution < -0.4 is 10.2 Å². The first-order chi connectivity index (χ1) is 12.8. The van der Waals surface area contributed by atoms with Gasteiger partial charge in [-0.05, 0) is 43.2 Å². The highest BCUT2D eigenvalue weighted by Crippen LogP contribution is 2.26. The fourth-order valence-corrected chi connectivity index (χ4v) is 3.17. The van der Waals surface area contributed by atoms with Gasteiger partial charge in [0.25, 0.3) is 0 Å². The number of aryl methyl sites for hydroxylation is 2. The van der Waals surface area contributed by atoms with E-state index in [2.05, 4.69) is 15.5 Å². The quantitative estimate of drug-likeness (QED) is 0.664. The topological polar surface area (TPSA) is 71.3 Å². The van der Waals surface area contributed by atoms with Crippen molar-refractivity contribution in [1.29, 1.82) is 0 Å². The van der Waals surface area contributed by atoms with Crippen LogP contribution in [0.1, 0.15) is 11.1 Å². The first-order valence-corrected chi connectivity index (χ1v) is 8.96. The third kappa shape index (κ3) is 4.59. The molecule has 1 amide bonds. The van der Waals surface area contributed by atoms with Gasteiger partial charge in [0.2, 0.25) is 11.7 Å². The van der Waals surface area contributed by atoms with E-state index in [0.717, 1.165) is 16.8 Å². The smallest absolute Gasteiger partial charge is 0.324 e. The number of nitrogens with one attached hydrogen (secondary N) is 1. The molecule has 3 aromatic rings. The van der Waals surface area contributed by atoms with Crippen molar-refractivity contribution in [3.05, 3.63) is 57.6 Å². The second-order valence-electron chi connectivity index (χ2n) is 6.23. The van der Waals surface area contributed by atoms with Crippen molar-refractivity contribution in [2.24, 2.45) is 0 Å². The average Bonchev–Trinajstić information content (AvgIpc) is 3.08. The fourth-order valence-electron chi connectivity index (χ4n) is 2.64. The summed E-state index contributed by atoms with van der Waals surface area (Å²) in [5.41, 5.74) is 3.46. The third-order valence-electron chi connectivity index (χ3n) is 3.99. The number of carbonyl (C=O) groups is 1. The van der Waals surface area contributed by atoms with Crippen LogP contribution in [0.3, 0.4) is 0 Å². The van der Waals surface area contributed by atoms with Crippen molar-refractivity contribution in [3.63, 3.8) is 0 Å². The van der Waals surface area contributed by atoms with E-state index in [1.54, 1.807) is 30.1 Å². The van der Waals surface area contributed by atoms with Crippen molar-refractivity contribution in [3.8, 4) is 11.4 Å². The van der Waals surface area contributed by atoms with E-state index in [1.807, 2.05) is 32.0 Å². The largest absolute Gasteiger partial charge is 0.324 e. The second kappa shape index (κ2) is 7.98. The summed E-state index contributed by atoms with van der Waals surface area (Å²) >= 11 is 12.0. The number of hydrogen-bond acceptors (Lipinski definition) is 5. The summed E-state index contributed by atoms with van der Waals surface area (Å²) in [6.07, 6.45) is 0. The molecule has 0 bridgehead atoms. The Kier molecular flexibility index (Phi) is 5.68. The molecule has 0 unspecified atom stereocenters. The first-order valence-electron chi connectivity index (χ1n) is 8.21. The minimum atomic E-state index is -0.180. The minimum absolute atomic E-state index is 0.0612. The Bertz CT molecular complexity index is 947. The zero-order chi connectivity index (χ0) is 19.6. The van der Waals surface area contributed by atoms with Gasteiger partial charge in [-0.25, -0.2) is 0 Å². The molecule has 0 atom stereocenters. The molecule has 6 nitrogen and oxygen atoms in total. The minimum Gasteiger partial charge on any atom is -0.324 e. The number of para-hydroxylation sites is 1. The Labute approximate surface area is 167 Å². The molecule has 3 rings (SSSR count). The van der Waals surface area contributed by atoms with Gasteiger partial charge >= 0.3 is 6.01 Å². The summed E-state index contributed by atoms with van der Waals surface area (Å²) in [7, 11) is 1.70. The predicted octanol–water partition coefficient (Wildman–Crippen LogP) is 4.74. The van der Waals surface area contributed by atoms with E-state index in [1.165, 1.54) is 0 Å². The van der Waals surface area contributed by atoms with Gasteiger partial charge in [0.15, 0.2) is 0 Å². The molecular formula is C19H18Cl2N4O2. The van der Waals surface area contributed by atoms with Crippen LogP contribution in [0.5, 0.6) is 0 Å². The highest BCUT2D eigenvalue weighted by Gasteiger charge is 2.17. The molecule has 0 aliphatic carbocycles. The second-order valence-corrected chi connectivity index (χ2v) is 7.10. The molecular weight excluding hydrogens is 387 g/mol. The van der Waals surface area contributed by atoms with Crippen LogP contribution in [0.2, 0.25) is 10.0 Å². The monoisotopic (exact) mass is 404 g/mol. The molecule has 0 saturated carbocycles. The van der Waals surface area contributed by atoms with Crippen molar-refractivity contribution < 1.29 is 9.32 Å². The molecule has 2 aromatic carbocycles. The molecule has 0 spiro atoms. The molecule has 0 fully saturated rings. The molecule has 1 heterocycles. The average molecular weight is 405 g/mol. The van der Waals surface area contributed by atoms with Crippen LogP contribution in [0.4, 0.5) is 11.7 Å². The Morgan fingerprint density at radius 2 is 1.78 bits per heavy atom. The maximum absolute atomic E-state index is 12.4. The summed E-state index contributed by atoms with van der Waals surface area (Å²) in [6, 6.07) is 11.1. The number of rotatable bonds is 5. The van der Waals surface area contributed by atoms with Crippen molar-refractivity contribution in [2.45, 2.75) is 13.8 Å². The van der Waals surface area contributed by atoms with E-state index in [9.17, 15) is 4.79 Å². The van der Waals surface area contributed by atoms with Crippen LogP contribution in [-0.4, -0.2) is 29.6 Å². The molecule has 140 valence electrons. The summed E-state index contributed by atoms with van der Waals surface area (Å²) in [5, 5.41) is 7.81. The van der Waals surface area contributed by atoms with Crippen molar-refractivity contribution in [2.75, 3.05) is 23.8 Å². The Hall–Kier alpha value is -2.57. The predicted molar refractivity (Wildman–Crippen MR) is 108 cm³/mol. The lowest BCUT2D eigenvalue weighted by molar-refractivity contribution is -0.115. The summed E-state index contributed by atoms with van der Waals surface area (Å²) in [5.74, 6) is 0.164. The first kappa shape index (κ1) is 19.2. The number of carbonyl (C=O) groups excluding carboxylic acids is 1. The molecule has 1 N–H and O–H groups in total. The lowest BCUT2D eigenvalue weighted by atomic mass is 10.1. The number of anilines is 2. The van der Waals surface area contributed by atoms with Gasteiger partial charge in [-0.2, -0.15) is 4.98 Å². The van der Waals surface area contributed by atoms with Gasteiger partial charge in [-0.15, -0.1) is 0 Å². The molecule has 0 saturated heterocycles. The molecule has 1 aromatic heterocycles. The van der Waals surface area contributed by atoms with Gasteiger partial charge in [-0.3, -0.25) is 4.79 Å². The maximum atomic E-state index is 12.4.